The predicted octanol–water partition coefficient (Wildman–Crippen LogP) is 2.75. The second-order valence-electron chi connectivity index (χ2n) is 4.99. The van der Waals surface area contributed by atoms with E-state index in [1.54, 1.807) is 12.1 Å². The van der Waals surface area contributed by atoms with Crippen LogP contribution in [0.5, 0.6) is 0 Å². The summed E-state index contributed by atoms with van der Waals surface area (Å²) in [6.07, 6.45) is 2.65. The van der Waals surface area contributed by atoms with Gasteiger partial charge in [-0.25, -0.2) is 4.79 Å². The highest BCUT2D eigenvalue weighted by Gasteiger charge is 2.20. The molecule has 110 valence electrons. The number of hydrogen-bond acceptors (Lipinski definition) is 4. The number of hydrogen-bond donors (Lipinski definition) is 1. The van der Waals surface area contributed by atoms with Crippen molar-refractivity contribution in [3.63, 3.8) is 0 Å². The molecule has 2 rings (SSSR count). The minimum Gasteiger partial charge on any atom is -0.465 e. The number of rotatable bonds is 8. The lowest BCUT2D eigenvalue weighted by Crippen LogP contribution is -2.20. The van der Waals surface area contributed by atoms with E-state index < -0.39 is 0 Å². The van der Waals surface area contributed by atoms with Gasteiger partial charge in [0.2, 0.25) is 0 Å². The molecule has 0 aliphatic heterocycles. The smallest absolute Gasteiger partial charge is 0.337 e. The van der Waals surface area contributed by atoms with Gasteiger partial charge in [-0.3, -0.25) is 0 Å². The Morgan fingerprint density at radius 1 is 1.45 bits per heavy atom. The lowest BCUT2D eigenvalue weighted by Gasteiger charge is -2.08. The normalized spacial score (nSPS) is 14.3. The number of carbonyl (C=O) groups is 1. The van der Waals surface area contributed by atoms with Gasteiger partial charge in [-0.05, 0) is 36.5 Å². The molecule has 0 bridgehead atoms. The molecule has 0 unspecified atom stereocenters. The first-order chi connectivity index (χ1) is 9.70. The maximum Gasteiger partial charge on any atom is 0.337 e. The Kier molecular flexibility index (Phi) is 6.01. The average molecular weight is 342 g/mol. The highest BCUT2D eigenvalue weighted by molar-refractivity contribution is 9.10. The van der Waals surface area contributed by atoms with Gasteiger partial charge in [0, 0.05) is 24.2 Å². The molecule has 0 saturated heterocycles. The van der Waals surface area contributed by atoms with Crippen molar-refractivity contribution in [2.24, 2.45) is 5.92 Å². The minimum absolute atomic E-state index is 0.321. The summed E-state index contributed by atoms with van der Waals surface area (Å²) in [5, 5.41) is 3.33. The summed E-state index contributed by atoms with van der Waals surface area (Å²) in [5.41, 5.74) is 1.66. The lowest BCUT2D eigenvalue weighted by molar-refractivity contribution is 0.0600. The zero-order valence-electron chi connectivity index (χ0n) is 11.7. The van der Waals surface area contributed by atoms with Crippen LogP contribution in [-0.4, -0.2) is 32.8 Å². The van der Waals surface area contributed by atoms with E-state index in [9.17, 15) is 4.79 Å². The van der Waals surface area contributed by atoms with Crippen LogP contribution in [0.4, 0.5) is 0 Å². The van der Waals surface area contributed by atoms with E-state index in [1.807, 2.05) is 6.07 Å². The van der Waals surface area contributed by atoms with Crippen LogP contribution in [0.15, 0.2) is 22.7 Å². The maximum atomic E-state index is 11.4. The third-order valence-corrected chi connectivity index (χ3v) is 4.00. The second-order valence-corrected chi connectivity index (χ2v) is 5.85. The fraction of sp³-hybridized carbons (Fsp3) is 0.533. The molecule has 1 aliphatic rings. The number of esters is 1. The van der Waals surface area contributed by atoms with Crippen molar-refractivity contribution in [3.05, 3.63) is 33.8 Å². The van der Waals surface area contributed by atoms with Gasteiger partial charge in [0.05, 0.1) is 19.3 Å². The van der Waals surface area contributed by atoms with Crippen molar-refractivity contribution in [2.45, 2.75) is 19.4 Å². The quantitative estimate of drug-likeness (QED) is 0.583. The van der Waals surface area contributed by atoms with Crippen LogP contribution in [0.25, 0.3) is 0 Å². The van der Waals surface area contributed by atoms with E-state index in [0.717, 1.165) is 42.3 Å². The molecule has 0 amide bonds. The van der Waals surface area contributed by atoms with Gasteiger partial charge in [-0.2, -0.15) is 0 Å². The van der Waals surface area contributed by atoms with E-state index in [2.05, 4.69) is 26.0 Å². The van der Waals surface area contributed by atoms with E-state index in [-0.39, 0.29) is 5.97 Å². The van der Waals surface area contributed by atoms with Crippen LogP contribution < -0.4 is 5.32 Å². The standard InChI is InChI=1S/C15H20BrNO3/c1-19-15(18)12-4-5-13(14(16)8-12)9-17-6-7-20-10-11-2-3-11/h4-5,8,11,17H,2-3,6-7,9-10H2,1H3. The van der Waals surface area contributed by atoms with E-state index in [4.69, 9.17) is 4.74 Å². The molecule has 1 aromatic carbocycles. The molecule has 0 spiro atoms. The lowest BCUT2D eigenvalue weighted by atomic mass is 10.1. The maximum absolute atomic E-state index is 11.4. The highest BCUT2D eigenvalue weighted by atomic mass is 79.9. The first kappa shape index (κ1) is 15.5. The third-order valence-electron chi connectivity index (χ3n) is 3.26. The van der Waals surface area contributed by atoms with E-state index in [0.29, 0.717) is 5.56 Å². The van der Waals surface area contributed by atoms with Gasteiger partial charge in [0.25, 0.3) is 0 Å². The SMILES string of the molecule is COC(=O)c1ccc(CNCCOCC2CC2)c(Br)c1. The molecule has 0 radical (unpaired) electrons. The zero-order valence-corrected chi connectivity index (χ0v) is 13.2. The molecule has 1 N–H and O–H groups in total. The van der Waals surface area contributed by atoms with Crippen LogP contribution in [0.2, 0.25) is 0 Å². The molecule has 4 nitrogen and oxygen atoms in total. The number of halogens is 1. The number of methoxy groups -OCH3 is 1. The van der Waals surface area contributed by atoms with Crippen LogP contribution in [0.3, 0.4) is 0 Å². The van der Waals surface area contributed by atoms with Crippen LogP contribution in [-0.2, 0) is 16.0 Å². The number of benzene rings is 1. The predicted molar refractivity (Wildman–Crippen MR) is 80.7 cm³/mol. The topological polar surface area (TPSA) is 47.6 Å². The second kappa shape index (κ2) is 7.76. The Labute approximate surface area is 128 Å². The van der Waals surface area contributed by atoms with E-state index in [1.165, 1.54) is 20.0 Å². The molecule has 1 saturated carbocycles. The molecule has 0 aromatic heterocycles. The molecular formula is C15H20BrNO3. The van der Waals surface area contributed by atoms with Crippen LogP contribution in [0, 0.1) is 5.92 Å². The van der Waals surface area contributed by atoms with Crippen molar-refractivity contribution < 1.29 is 14.3 Å². The molecule has 0 heterocycles. The van der Waals surface area contributed by atoms with Crippen molar-refractivity contribution in [2.75, 3.05) is 26.9 Å². The fourth-order valence-electron chi connectivity index (χ4n) is 1.84. The zero-order chi connectivity index (χ0) is 14.4. The molecule has 5 heteroatoms. The Hall–Kier alpha value is -0.910. The number of nitrogens with one attached hydrogen (secondary N) is 1. The Balaban J connectivity index is 1.70. The van der Waals surface area contributed by atoms with Crippen molar-refractivity contribution in [3.8, 4) is 0 Å². The first-order valence-corrected chi connectivity index (χ1v) is 7.65. The van der Waals surface area contributed by atoms with E-state index >= 15 is 0 Å². The summed E-state index contributed by atoms with van der Waals surface area (Å²) in [6, 6.07) is 5.48. The summed E-state index contributed by atoms with van der Waals surface area (Å²) in [5.74, 6) is 0.494. The molecule has 1 aliphatic carbocycles. The van der Waals surface area contributed by atoms with Gasteiger partial charge < -0.3 is 14.8 Å². The van der Waals surface area contributed by atoms with Gasteiger partial charge in [-0.1, -0.05) is 22.0 Å². The minimum atomic E-state index is -0.321. The molecule has 0 atom stereocenters. The first-order valence-electron chi connectivity index (χ1n) is 6.86. The van der Waals surface area contributed by atoms with Gasteiger partial charge >= 0.3 is 5.97 Å². The number of ether oxygens (including phenoxy) is 2. The summed E-state index contributed by atoms with van der Waals surface area (Å²) in [6.45, 7) is 3.22. The summed E-state index contributed by atoms with van der Waals surface area (Å²) < 4.78 is 11.2. The molecule has 1 fully saturated rings. The molecular weight excluding hydrogens is 322 g/mol. The highest BCUT2D eigenvalue weighted by Crippen LogP contribution is 2.28. The van der Waals surface area contributed by atoms with Gasteiger partial charge in [0.15, 0.2) is 0 Å². The van der Waals surface area contributed by atoms with Crippen molar-refractivity contribution in [1.82, 2.24) is 5.32 Å². The third kappa shape index (κ3) is 4.89. The summed E-state index contributed by atoms with van der Waals surface area (Å²) >= 11 is 3.48. The Morgan fingerprint density at radius 3 is 2.90 bits per heavy atom. The summed E-state index contributed by atoms with van der Waals surface area (Å²) in [4.78, 5) is 11.4. The average Bonchev–Trinajstić information content (AvgIpc) is 3.27. The monoisotopic (exact) mass is 341 g/mol. The molecule has 20 heavy (non-hydrogen) atoms. The Morgan fingerprint density at radius 2 is 2.25 bits per heavy atom. The van der Waals surface area contributed by atoms with Crippen LogP contribution >= 0.6 is 15.9 Å². The largest absolute Gasteiger partial charge is 0.465 e. The van der Waals surface area contributed by atoms with Gasteiger partial charge in [-0.15, -0.1) is 0 Å². The number of carbonyl (C=O) groups excluding carboxylic acids is 1. The Bertz CT molecular complexity index is 460. The van der Waals surface area contributed by atoms with Crippen molar-refractivity contribution in [1.29, 1.82) is 0 Å². The summed E-state index contributed by atoms with van der Waals surface area (Å²) in [7, 11) is 1.38. The van der Waals surface area contributed by atoms with Crippen molar-refractivity contribution >= 4 is 21.9 Å². The molecule has 1 aromatic rings. The van der Waals surface area contributed by atoms with Crippen LogP contribution in [0.1, 0.15) is 28.8 Å². The fourth-order valence-corrected chi connectivity index (χ4v) is 2.36. The van der Waals surface area contributed by atoms with Gasteiger partial charge in [0.1, 0.15) is 0 Å².